The Morgan fingerprint density at radius 2 is 1.64 bits per heavy atom. The van der Waals surface area contributed by atoms with Crippen molar-refractivity contribution in [2.75, 3.05) is 0 Å². The zero-order valence-corrected chi connectivity index (χ0v) is 13.6. The summed E-state index contributed by atoms with van der Waals surface area (Å²) in [6.45, 7) is 0. The molecule has 0 atom stereocenters. The zero-order chi connectivity index (χ0) is 18.4. The SMILES string of the molecule is Oc1ccc(-c2onc(C(F)(F)F)c2-c2ccc(Cl)cc2Cl)c(O)c1. The first-order valence-electron chi connectivity index (χ1n) is 6.73. The van der Waals surface area contributed by atoms with E-state index in [1.54, 1.807) is 0 Å². The second kappa shape index (κ2) is 6.16. The van der Waals surface area contributed by atoms with Gasteiger partial charge in [-0.1, -0.05) is 34.4 Å². The van der Waals surface area contributed by atoms with Crippen molar-refractivity contribution in [3.05, 3.63) is 52.1 Å². The summed E-state index contributed by atoms with van der Waals surface area (Å²) in [6, 6.07) is 7.32. The van der Waals surface area contributed by atoms with E-state index in [0.717, 1.165) is 6.07 Å². The van der Waals surface area contributed by atoms with Crippen LogP contribution in [0.3, 0.4) is 0 Å². The summed E-state index contributed by atoms with van der Waals surface area (Å²) in [5.41, 5.74) is -1.82. The van der Waals surface area contributed by atoms with Gasteiger partial charge in [0.05, 0.1) is 16.1 Å². The van der Waals surface area contributed by atoms with Crippen LogP contribution in [-0.4, -0.2) is 15.4 Å². The Hall–Kier alpha value is -2.38. The van der Waals surface area contributed by atoms with Crippen molar-refractivity contribution in [3.8, 4) is 33.9 Å². The van der Waals surface area contributed by atoms with E-state index in [2.05, 4.69) is 5.16 Å². The third-order valence-electron chi connectivity index (χ3n) is 3.39. The van der Waals surface area contributed by atoms with Crippen LogP contribution >= 0.6 is 23.2 Å². The van der Waals surface area contributed by atoms with Gasteiger partial charge in [0.15, 0.2) is 11.5 Å². The molecule has 0 saturated heterocycles. The number of aromatic hydroxyl groups is 2. The number of aromatic nitrogens is 1. The normalized spacial score (nSPS) is 11.7. The molecule has 1 heterocycles. The molecule has 0 aliphatic rings. The fourth-order valence-electron chi connectivity index (χ4n) is 2.32. The van der Waals surface area contributed by atoms with E-state index in [4.69, 9.17) is 27.7 Å². The Bertz CT molecular complexity index is 954. The number of phenols is 2. The van der Waals surface area contributed by atoms with Crippen LogP contribution in [0.4, 0.5) is 13.2 Å². The van der Waals surface area contributed by atoms with Crippen molar-refractivity contribution in [3.63, 3.8) is 0 Å². The average molecular weight is 390 g/mol. The fourth-order valence-corrected chi connectivity index (χ4v) is 2.82. The molecule has 1 aromatic heterocycles. The van der Waals surface area contributed by atoms with Gasteiger partial charge in [0.1, 0.15) is 11.5 Å². The van der Waals surface area contributed by atoms with Crippen molar-refractivity contribution in [1.29, 1.82) is 0 Å². The van der Waals surface area contributed by atoms with Gasteiger partial charge in [0, 0.05) is 16.7 Å². The molecule has 4 nitrogen and oxygen atoms in total. The number of hydrogen-bond acceptors (Lipinski definition) is 4. The fraction of sp³-hybridized carbons (Fsp3) is 0.0625. The minimum atomic E-state index is -4.81. The summed E-state index contributed by atoms with van der Waals surface area (Å²) >= 11 is 11.8. The molecule has 3 rings (SSSR count). The van der Waals surface area contributed by atoms with Gasteiger partial charge in [-0.25, -0.2) is 0 Å². The van der Waals surface area contributed by atoms with E-state index in [1.165, 1.54) is 30.3 Å². The summed E-state index contributed by atoms with van der Waals surface area (Å²) in [5.74, 6) is -1.08. The predicted octanol–water partition coefficient (Wildman–Crippen LogP) is 5.75. The highest BCUT2D eigenvalue weighted by molar-refractivity contribution is 6.36. The number of benzene rings is 2. The molecule has 0 spiro atoms. The van der Waals surface area contributed by atoms with E-state index < -0.39 is 23.2 Å². The summed E-state index contributed by atoms with van der Waals surface area (Å²) in [7, 11) is 0. The minimum Gasteiger partial charge on any atom is -0.508 e. The standard InChI is InChI=1S/C16H8Cl2F3NO3/c17-7-1-3-9(11(18)5-7)13-14(25-22-15(13)16(19,20)21)10-4-2-8(23)6-12(10)24/h1-6,23-24H. The molecule has 0 aliphatic carbocycles. The van der Waals surface area contributed by atoms with Gasteiger partial charge in [-0.05, 0) is 24.3 Å². The lowest BCUT2D eigenvalue weighted by molar-refractivity contribution is -0.142. The lowest BCUT2D eigenvalue weighted by Gasteiger charge is -2.10. The molecule has 0 fully saturated rings. The van der Waals surface area contributed by atoms with E-state index in [9.17, 15) is 23.4 Å². The van der Waals surface area contributed by atoms with Gasteiger partial charge in [-0.3, -0.25) is 0 Å². The predicted molar refractivity (Wildman–Crippen MR) is 85.7 cm³/mol. The number of alkyl halides is 3. The molecule has 130 valence electrons. The van der Waals surface area contributed by atoms with Crippen LogP contribution in [0.1, 0.15) is 5.69 Å². The lowest BCUT2D eigenvalue weighted by atomic mass is 9.98. The Balaban J connectivity index is 2.33. The molecule has 0 amide bonds. The van der Waals surface area contributed by atoms with Crippen LogP contribution in [0.5, 0.6) is 11.5 Å². The van der Waals surface area contributed by atoms with Crippen molar-refractivity contribution >= 4 is 23.2 Å². The first kappa shape index (κ1) is 17.4. The minimum absolute atomic E-state index is 0.0119. The second-order valence-corrected chi connectivity index (χ2v) is 5.90. The van der Waals surface area contributed by atoms with Gasteiger partial charge in [-0.15, -0.1) is 0 Å². The third-order valence-corrected chi connectivity index (χ3v) is 3.93. The lowest BCUT2D eigenvalue weighted by Crippen LogP contribution is -2.07. The van der Waals surface area contributed by atoms with Crippen LogP contribution < -0.4 is 0 Å². The van der Waals surface area contributed by atoms with Gasteiger partial charge in [-0.2, -0.15) is 13.2 Å². The van der Waals surface area contributed by atoms with E-state index in [-0.39, 0.29) is 32.7 Å². The van der Waals surface area contributed by atoms with Gasteiger partial charge < -0.3 is 14.7 Å². The number of hydrogen-bond donors (Lipinski definition) is 2. The third kappa shape index (κ3) is 3.25. The van der Waals surface area contributed by atoms with E-state index in [0.29, 0.717) is 0 Å². The van der Waals surface area contributed by atoms with Gasteiger partial charge in [0.2, 0.25) is 0 Å². The largest absolute Gasteiger partial charge is 0.508 e. The molecule has 9 heteroatoms. The first-order valence-corrected chi connectivity index (χ1v) is 7.48. The van der Waals surface area contributed by atoms with Gasteiger partial charge >= 0.3 is 6.18 Å². The molecule has 0 saturated carbocycles. The Morgan fingerprint density at radius 3 is 2.24 bits per heavy atom. The highest BCUT2D eigenvalue weighted by Gasteiger charge is 2.41. The van der Waals surface area contributed by atoms with Gasteiger partial charge in [0.25, 0.3) is 0 Å². The molecule has 0 bridgehead atoms. The number of rotatable bonds is 2. The maximum absolute atomic E-state index is 13.3. The molecule has 0 radical (unpaired) electrons. The molecule has 2 N–H and O–H groups in total. The molecule has 25 heavy (non-hydrogen) atoms. The maximum atomic E-state index is 13.3. The van der Waals surface area contributed by atoms with Crippen LogP contribution in [0.2, 0.25) is 10.0 Å². The molecular weight excluding hydrogens is 382 g/mol. The number of halogens is 5. The van der Waals surface area contributed by atoms with Crippen LogP contribution in [0, 0.1) is 0 Å². The number of phenolic OH excluding ortho intramolecular Hbond substituents is 2. The smallest absolute Gasteiger partial charge is 0.437 e. The number of nitrogens with zero attached hydrogens (tertiary/aromatic N) is 1. The van der Waals surface area contributed by atoms with E-state index >= 15 is 0 Å². The summed E-state index contributed by atoms with van der Waals surface area (Å²) < 4.78 is 44.9. The Labute approximate surface area is 149 Å². The molecular formula is C16H8Cl2F3NO3. The zero-order valence-electron chi connectivity index (χ0n) is 12.1. The second-order valence-electron chi connectivity index (χ2n) is 5.06. The summed E-state index contributed by atoms with van der Waals surface area (Å²) in [5, 5.41) is 22.6. The van der Waals surface area contributed by atoms with Crippen LogP contribution in [0.15, 0.2) is 40.9 Å². The monoisotopic (exact) mass is 389 g/mol. The van der Waals surface area contributed by atoms with Crippen LogP contribution in [0.25, 0.3) is 22.5 Å². The van der Waals surface area contributed by atoms with E-state index in [1.807, 2.05) is 0 Å². The topological polar surface area (TPSA) is 66.5 Å². The average Bonchev–Trinajstić information content (AvgIpc) is 2.91. The Kier molecular flexibility index (Phi) is 4.30. The Morgan fingerprint density at radius 1 is 0.960 bits per heavy atom. The summed E-state index contributed by atoms with van der Waals surface area (Å²) in [6.07, 6.45) is -4.81. The molecule has 0 aliphatic heterocycles. The van der Waals surface area contributed by atoms with Crippen molar-refractivity contribution in [1.82, 2.24) is 5.16 Å². The first-order chi connectivity index (χ1) is 11.7. The quantitative estimate of drug-likeness (QED) is 0.585. The van der Waals surface area contributed by atoms with Crippen molar-refractivity contribution in [2.45, 2.75) is 6.18 Å². The summed E-state index contributed by atoms with van der Waals surface area (Å²) in [4.78, 5) is 0. The van der Waals surface area contributed by atoms with Crippen molar-refractivity contribution < 1.29 is 27.9 Å². The highest BCUT2D eigenvalue weighted by Crippen LogP contribution is 2.46. The molecule has 2 aromatic carbocycles. The van der Waals surface area contributed by atoms with Crippen LogP contribution in [-0.2, 0) is 6.18 Å². The molecule has 3 aromatic rings. The highest BCUT2D eigenvalue weighted by atomic mass is 35.5. The van der Waals surface area contributed by atoms with Crippen molar-refractivity contribution in [2.24, 2.45) is 0 Å². The molecule has 0 unspecified atom stereocenters. The maximum Gasteiger partial charge on any atom is 0.437 e.